The van der Waals surface area contributed by atoms with Gasteiger partial charge in [0.15, 0.2) is 0 Å². The van der Waals surface area contributed by atoms with Crippen LogP contribution in [0.25, 0.3) is 0 Å². The maximum absolute atomic E-state index is 12.4. The van der Waals surface area contributed by atoms with Gasteiger partial charge in [0.1, 0.15) is 6.04 Å². The molecule has 0 bridgehead atoms. The summed E-state index contributed by atoms with van der Waals surface area (Å²) >= 11 is 0. The highest BCUT2D eigenvalue weighted by atomic mass is 32.2. The minimum atomic E-state index is -3.67. The summed E-state index contributed by atoms with van der Waals surface area (Å²) in [5, 5.41) is 3.01. The van der Waals surface area contributed by atoms with E-state index in [-0.39, 0.29) is 24.6 Å². The first-order valence-corrected chi connectivity index (χ1v) is 7.53. The zero-order chi connectivity index (χ0) is 13.9. The molecule has 2 N–H and O–H groups in total. The molecule has 1 aromatic rings. The Bertz CT molecular complexity index is 526. The number of carbonyl (C=O) groups is 1. The number of hydrogen-bond donors (Lipinski definition) is 2. The first kappa shape index (κ1) is 14.0. The van der Waals surface area contributed by atoms with Crippen molar-refractivity contribution in [3.05, 3.63) is 18.5 Å². The molecule has 0 spiro atoms. The number of aromatic nitrogens is 1. The van der Waals surface area contributed by atoms with E-state index in [1.54, 1.807) is 6.92 Å². The number of hydrogen-bond acceptors (Lipinski definition) is 5. The maximum atomic E-state index is 12.4. The van der Waals surface area contributed by atoms with Gasteiger partial charge in [0, 0.05) is 32.0 Å². The fourth-order valence-corrected chi connectivity index (χ4v) is 3.57. The van der Waals surface area contributed by atoms with Crippen LogP contribution in [0.4, 0.5) is 0 Å². The van der Waals surface area contributed by atoms with Gasteiger partial charge in [-0.15, -0.1) is 0 Å². The Hall–Kier alpha value is -1.38. The lowest BCUT2D eigenvalue weighted by Gasteiger charge is -2.33. The minimum absolute atomic E-state index is 0.156. The molecule has 1 aliphatic rings. The second kappa shape index (κ2) is 5.72. The summed E-state index contributed by atoms with van der Waals surface area (Å²) in [7, 11) is -3.67. The minimum Gasteiger partial charge on any atom is -0.465 e. The van der Waals surface area contributed by atoms with Gasteiger partial charge in [-0.25, -0.2) is 8.42 Å². The van der Waals surface area contributed by atoms with Crippen LogP contribution in [0, 0.1) is 0 Å². The number of nitrogens with zero attached hydrogens (tertiary/aromatic N) is 1. The van der Waals surface area contributed by atoms with Crippen molar-refractivity contribution in [2.45, 2.75) is 17.9 Å². The second-order valence-electron chi connectivity index (χ2n) is 4.13. The summed E-state index contributed by atoms with van der Waals surface area (Å²) in [5.41, 5.74) is 0. The summed E-state index contributed by atoms with van der Waals surface area (Å²) in [6, 6.07) is 0.660. The van der Waals surface area contributed by atoms with Crippen molar-refractivity contribution >= 4 is 16.0 Å². The molecule has 1 fully saturated rings. The standard InChI is InChI=1S/C11H17N3O4S/c1-2-18-11(15)10-8-13-5-6-14(10)19(16,17)9-3-4-12-7-9/h3-4,7,10,12-13H,2,5-6,8H2,1H3. The summed E-state index contributed by atoms with van der Waals surface area (Å²) in [6.45, 7) is 2.95. The normalized spacial score (nSPS) is 21.2. The van der Waals surface area contributed by atoms with Gasteiger partial charge >= 0.3 is 5.97 Å². The van der Waals surface area contributed by atoms with E-state index < -0.39 is 22.0 Å². The molecule has 8 heteroatoms. The first-order chi connectivity index (χ1) is 9.07. The van der Waals surface area contributed by atoms with Gasteiger partial charge in [-0.1, -0.05) is 0 Å². The Kier molecular flexibility index (Phi) is 4.23. The largest absolute Gasteiger partial charge is 0.465 e. The van der Waals surface area contributed by atoms with Crippen LogP contribution in [0.1, 0.15) is 6.92 Å². The van der Waals surface area contributed by atoms with Crippen molar-refractivity contribution in [1.29, 1.82) is 0 Å². The zero-order valence-electron chi connectivity index (χ0n) is 10.6. The Morgan fingerprint density at radius 1 is 1.58 bits per heavy atom. The molecule has 7 nitrogen and oxygen atoms in total. The van der Waals surface area contributed by atoms with Crippen molar-refractivity contribution in [1.82, 2.24) is 14.6 Å². The third-order valence-electron chi connectivity index (χ3n) is 2.93. The van der Waals surface area contributed by atoms with Crippen LogP contribution in [-0.2, 0) is 19.6 Å². The highest BCUT2D eigenvalue weighted by Crippen LogP contribution is 2.19. The molecular weight excluding hydrogens is 270 g/mol. The molecule has 106 valence electrons. The van der Waals surface area contributed by atoms with Gasteiger partial charge in [0.2, 0.25) is 10.0 Å². The molecule has 0 aliphatic carbocycles. The molecule has 1 aromatic heterocycles. The molecule has 0 amide bonds. The van der Waals surface area contributed by atoms with Gasteiger partial charge in [-0.05, 0) is 13.0 Å². The fourth-order valence-electron chi connectivity index (χ4n) is 2.02. The van der Waals surface area contributed by atoms with Crippen LogP contribution in [0.15, 0.2) is 23.4 Å². The second-order valence-corrected chi connectivity index (χ2v) is 6.02. The van der Waals surface area contributed by atoms with Crippen LogP contribution in [-0.4, -0.2) is 56.0 Å². The Morgan fingerprint density at radius 3 is 3.00 bits per heavy atom. The molecule has 0 saturated carbocycles. The van der Waals surface area contributed by atoms with Crippen LogP contribution in [0.5, 0.6) is 0 Å². The number of rotatable bonds is 4. The summed E-state index contributed by atoms with van der Waals surface area (Å²) < 4.78 is 31.0. The number of aromatic amines is 1. The van der Waals surface area contributed by atoms with E-state index in [1.807, 2.05) is 0 Å². The number of nitrogens with one attached hydrogen (secondary N) is 2. The Balaban J connectivity index is 2.27. The Morgan fingerprint density at radius 2 is 2.37 bits per heavy atom. The first-order valence-electron chi connectivity index (χ1n) is 6.09. The number of ether oxygens (including phenoxy) is 1. The zero-order valence-corrected chi connectivity index (χ0v) is 11.4. The average molecular weight is 287 g/mol. The third-order valence-corrected chi connectivity index (χ3v) is 4.83. The maximum Gasteiger partial charge on any atom is 0.325 e. The van der Waals surface area contributed by atoms with Gasteiger partial charge in [-0.3, -0.25) is 4.79 Å². The van der Waals surface area contributed by atoms with Gasteiger partial charge in [0.05, 0.1) is 11.5 Å². The molecule has 19 heavy (non-hydrogen) atoms. The topological polar surface area (TPSA) is 91.5 Å². The van der Waals surface area contributed by atoms with Crippen LogP contribution >= 0.6 is 0 Å². The predicted molar refractivity (Wildman–Crippen MR) is 68.0 cm³/mol. The molecule has 0 radical (unpaired) electrons. The average Bonchev–Trinajstić information content (AvgIpc) is 2.93. The number of piperazine rings is 1. The number of carbonyl (C=O) groups excluding carboxylic acids is 1. The molecule has 1 saturated heterocycles. The van der Waals surface area contributed by atoms with Crippen molar-refractivity contribution in [3.63, 3.8) is 0 Å². The lowest BCUT2D eigenvalue weighted by atomic mass is 10.2. The van der Waals surface area contributed by atoms with E-state index in [9.17, 15) is 13.2 Å². The van der Waals surface area contributed by atoms with Crippen LogP contribution in [0.3, 0.4) is 0 Å². The van der Waals surface area contributed by atoms with Crippen LogP contribution < -0.4 is 5.32 Å². The molecule has 0 aromatic carbocycles. The lowest BCUT2D eigenvalue weighted by molar-refractivity contribution is -0.148. The SMILES string of the molecule is CCOC(=O)C1CNCCN1S(=O)(=O)c1cc[nH]c1. The summed E-state index contributed by atoms with van der Waals surface area (Å²) in [4.78, 5) is 14.7. The van der Waals surface area contributed by atoms with E-state index in [4.69, 9.17) is 4.74 Å². The molecular formula is C11H17N3O4S. The smallest absolute Gasteiger partial charge is 0.325 e. The van der Waals surface area contributed by atoms with E-state index in [2.05, 4.69) is 10.3 Å². The molecule has 2 heterocycles. The van der Waals surface area contributed by atoms with Crippen molar-refractivity contribution in [2.24, 2.45) is 0 Å². The molecule has 2 rings (SSSR count). The highest BCUT2D eigenvalue weighted by molar-refractivity contribution is 7.89. The fraction of sp³-hybridized carbons (Fsp3) is 0.545. The third kappa shape index (κ3) is 2.80. The van der Waals surface area contributed by atoms with Gasteiger partial charge in [0.25, 0.3) is 0 Å². The highest BCUT2D eigenvalue weighted by Gasteiger charge is 2.38. The predicted octanol–water partition coefficient (Wildman–Crippen LogP) is -0.460. The lowest BCUT2D eigenvalue weighted by Crippen LogP contribution is -2.57. The number of esters is 1. The summed E-state index contributed by atoms with van der Waals surface area (Å²) in [6.07, 6.45) is 2.94. The molecule has 1 atom stereocenters. The van der Waals surface area contributed by atoms with E-state index in [1.165, 1.54) is 22.8 Å². The number of sulfonamides is 1. The van der Waals surface area contributed by atoms with Crippen molar-refractivity contribution in [3.8, 4) is 0 Å². The van der Waals surface area contributed by atoms with E-state index >= 15 is 0 Å². The van der Waals surface area contributed by atoms with Gasteiger partial charge < -0.3 is 15.0 Å². The van der Waals surface area contributed by atoms with Gasteiger partial charge in [-0.2, -0.15) is 4.31 Å². The Labute approximate surface area is 112 Å². The summed E-state index contributed by atoms with van der Waals surface area (Å²) in [5.74, 6) is -0.520. The number of H-pyrrole nitrogens is 1. The van der Waals surface area contributed by atoms with E-state index in [0.29, 0.717) is 6.54 Å². The monoisotopic (exact) mass is 287 g/mol. The van der Waals surface area contributed by atoms with Crippen LogP contribution in [0.2, 0.25) is 0 Å². The molecule has 1 aliphatic heterocycles. The van der Waals surface area contributed by atoms with Crippen molar-refractivity contribution < 1.29 is 17.9 Å². The quantitative estimate of drug-likeness (QED) is 0.731. The van der Waals surface area contributed by atoms with Crippen molar-refractivity contribution in [2.75, 3.05) is 26.2 Å². The van der Waals surface area contributed by atoms with E-state index in [0.717, 1.165) is 0 Å². The molecule has 1 unspecified atom stereocenters.